The first-order valence-electron chi connectivity index (χ1n) is 6.38. The van der Waals surface area contributed by atoms with E-state index in [2.05, 4.69) is 37.1 Å². The van der Waals surface area contributed by atoms with Crippen LogP contribution in [0.2, 0.25) is 0 Å². The Balaban J connectivity index is 4.70. The number of aliphatic carboxylic acids is 1. The summed E-state index contributed by atoms with van der Waals surface area (Å²) in [5.74, 6) is -0.893. The van der Waals surface area contributed by atoms with Crippen LogP contribution < -0.4 is 0 Å². The summed E-state index contributed by atoms with van der Waals surface area (Å²) < 4.78 is 15.8. The average molecular weight is 343 g/mol. The van der Waals surface area contributed by atoms with Crippen LogP contribution in [0.25, 0.3) is 0 Å². The summed E-state index contributed by atoms with van der Waals surface area (Å²) in [4.78, 5) is 11.1. The van der Waals surface area contributed by atoms with Crippen molar-refractivity contribution in [2.75, 3.05) is 26.9 Å². The van der Waals surface area contributed by atoms with Crippen molar-refractivity contribution < 1.29 is 18.9 Å². The zero-order chi connectivity index (χ0) is 16.2. The van der Waals surface area contributed by atoms with Crippen LogP contribution >= 0.6 is 26.0 Å². The molecule has 1 N–H and O–H groups in total. The first kappa shape index (κ1) is 20.5. The molecule has 0 saturated carbocycles. The fraction of sp³-hybridized carbons (Fsp3) is 0.917. The van der Waals surface area contributed by atoms with Crippen molar-refractivity contribution in [3.63, 3.8) is 0 Å². The fourth-order valence-electron chi connectivity index (χ4n) is 0.878. The van der Waals surface area contributed by atoms with Gasteiger partial charge in [-0.2, -0.15) is 0 Å². The maximum Gasteiger partial charge on any atom is 0.311 e. The topological polar surface area (TPSA) is 68.1 Å². The fourth-order valence-corrected chi connectivity index (χ4v) is 2.51. The van der Waals surface area contributed by atoms with Gasteiger partial charge in [-0.1, -0.05) is 13.8 Å². The minimum atomic E-state index is -2.38. The van der Waals surface area contributed by atoms with Crippen LogP contribution in [0.4, 0.5) is 0 Å². The molecule has 0 bridgehead atoms. The van der Waals surface area contributed by atoms with Crippen LogP contribution in [0.3, 0.4) is 0 Å². The first-order valence-corrected chi connectivity index (χ1v) is 9.74. The second kappa shape index (κ2) is 7.65. The molecule has 0 saturated heterocycles. The lowest BCUT2D eigenvalue weighted by molar-refractivity contribution is -0.148. The Morgan fingerprint density at radius 3 is 2.05 bits per heavy atom. The van der Waals surface area contributed by atoms with E-state index in [-0.39, 0.29) is 12.0 Å². The minimum Gasteiger partial charge on any atom is -0.481 e. The van der Waals surface area contributed by atoms with Crippen molar-refractivity contribution in [2.24, 2.45) is 15.6 Å². The molecule has 0 amide bonds. The van der Waals surface area contributed by atoms with E-state index in [1.165, 1.54) is 0 Å². The summed E-state index contributed by atoms with van der Waals surface area (Å²) in [6.07, 6.45) is 0. The van der Waals surface area contributed by atoms with Crippen LogP contribution in [0.1, 0.15) is 27.7 Å². The molecule has 5 nitrogen and oxygen atoms in total. The van der Waals surface area contributed by atoms with Gasteiger partial charge in [0.05, 0.1) is 18.6 Å². The third-order valence-electron chi connectivity index (χ3n) is 3.19. The molecule has 0 aromatic carbocycles. The van der Waals surface area contributed by atoms with Crippen LogP contribution in [0.5, 0.6) is 0 Å². The SMILES string of the molecule is CN=P(C)(OCC(C)(C)C(=O)O)OCC(C)(C)C(P)P. The molecule has 0 aromatic rings. The Hall–Kier alpha value is 0.480. The van der Waals surface area contributed by atoms with Crippen LogP contribution in [-0.4, -0.2) is 43.4 Å². The van der Waals surface area contributed by atoms with E-state index in [9.17, 15) is 4.79 Å². The Labute approximate surface area is 127 Å². The number of carboxylic acids is 1. The van der Waals surface area contributed by atoms with Crippen LogP contribution in [-0.2, 0) is 13.8 Å². The Bertz CT molecular complexity index is 394. The summed E-state index contributed by atoms with van der Waals surface area (Å²) in [6, 6.07) is 0. The lowest BCUT2D eigenvalue weighted by Crippen LogP contribution is -2.29. The van der Waals surface area contributed by atoms with E-state index in [0.717, 1.165) is 0 Å². The molecule has 120 valence electrons. The molecule has 8 heteroatoms. The van der Waals surface area contributed by atoms with Crippen molar-refractivity contribution in [1.82, 2.24) is 0 Å². The van der Waals surface area contributed by atoms with Gasteiger partial charge in [-0.25, -0.2) is 0 Å². The van der Waals surface area contributed by atoms with Gasteiger partial charge >= 0.3 is 5.97 Å². The molecule has 0 aliphatic heterocycles. The molecule has 0 heterocycles. The largest absolute Gasteiger partial charge is 0.481 e. The van der Waals surface area contributed by atoms with Gasteiger partial charge in [0.2, 0.25) is 7.51 Å². The number of carboxylic acid groups (broad SMARTS) is 1. The highest BCUT2D eigenvalue weighted by Gasteiger charge is 2.31. The predicted molar refractivity (Wildman–Crippen MR) is 91.5 cm³/mol. The third kappa shape index (κ3) is 6.50. The smallest absolute Gasteiger partial charge is 0.311 e. The van der Waals surface area contributed by atoms with Gasteiger partial charge in [0, 0.05) is 13.7 Å². The summed E-state index contributed by atoms with van der Waals surface area (Å²) in [5.41, 5.74) is -0.998. The molecule has 0 rings (SSSR count). The second-order valence-corrected chi connectivity index (χ2v) is 11.0. The van der Waals surface area contributed by atoms with Crippen molar-refractivity contribution in [2.45, 2.75) is 33.1 Å². The quantitative estimate of drug-likeness (QED) is 0.685. The predicted octanol–water partition coefficient (Wildman–Crippen LogP) is 3.52. The number of nitrogens with zero attached hydrogens (tertiary/aromatic N) is 1. The van der Waals surface area contributed by atoms with E-state index < -0.39 is 18.9 Å². The minimum absolute atomic E-state index is 0.0487. The van der Waals surface area contributed by atoms with Crippen molar-refractivity contribution in [3.8, 4) is 0 Å². The average Bonchev–Trinajstić information content (AvgIpc) is 2.34. The van der Waals surface area contributed by atoms with Crippen molar-refractivity contribution in [1.29, 1.82) is 0 Å². The monoisotopic (exact) mass is 343 g/mol. The molecular formula is C12H28NO4P3. The number of carbonyl (C=O) groups is 1. The molecular weight excluding hydrogens is 315 g/mol. The van der Waals surface area contributed by atoms with E-state index in [1.54, 1.807) is 20.9 Å². The van der Waals surface area contributed by atoms with Gasteiger partial charge in [-0.05, 0) is 24.7 Å². The Kier molecular flexibility index (Phi) is 7.84. The molecule has 0 aliphatic carbocycles. The normalized spacial score (nSPS) is 16.1. The van der Waals surface area contributed by atoms with Gasteiger partial charge in [-0.3, -0.25) is 9.54 Å². The first-order chi connectivity index (χ1) is 8.86. The molecule has 0 aliphatic rings. The molecule has 20 heavy (non-hydrogen) atoms. The maximum absolute atomic E-state index is 11.1. The second-order valence-electron chi connectivity index (χ2n) is 6.25. The van der Waals surface area contributed by atoms with Gasteiger partial charge < -0.3 is 14.2 Å². The highest BCUT2D eigenvalue weighted by molar-refractivity contribution is 7.55. The summed E-state index contributed by atoms with van der Waals surface area (Å²) in [6.45, 7) is 9.83. The maximum atomic E-state index is 11.1. The van der Waals surface area contributed by atoms with Gasteiger partial charge in [-0.15, -0.1) is 18.5 Å². The third-order valence-corrected chi connectivity index (χ3v) is 6.93. The van der Waals surface area contributed by atoms with Gasteiger partial charge in [0.15, 0.2) is 0 Å². The zero-order valence-corrected chi connectivity index (χ0v) is 16.4. The lowest BCUT2D eigenvalue weighted by Gasteiger charge is -2.32. The van der Waals surface area contributed by atoms with Gasteiger partial charge in [0.1, 0.15) is 0 Å². The van der Waals surface area contributed by atoms with Crippen molar-refractivity contribution >= 4 is 32.0 Å². The molecule has 0 aromatic heterocycles. The number of hydrogen-bond acceptors (Lipinski definition) is 4. The molecule has 0 radical (unpaired) electrons. The zero-order valence-electron chi connectivity index (χ0n) is 13.2. The van der Waals surface area contributed by atoms with E-state index in [0.29, 0.717) is 12.0 Å². The highest BCUT2D eigenvalue weighted by Crippen LogP contribution is 2.50. The molecule has 3 unspecified atom stereocenters. The van der Waals surface area contributed by atoms with E-state index >= 15 is 0 Å². The van der Waals surface area contributed by atoms with E-state index in [1.807, 2.05) is 6.66 Å². The van der Waals surface area contributed by atoms with Crippen molar-refractivity contribution in [3.05, 3.63) is 0 Å². The summed E-state index contributed by atoms with van der Waals surface area (Å²) >= 11 is 0. The Morgan fingerprint density at radius 1 is 1.25 bits per heavy atom. The Morgan fingerprint density at radius 2 is 1.70 bits per heavy atom. The molecule has 0 spiro atoms. The standard InChI is InChI=1S/C12H28NO4P3/c1-11(2,9(14)15)7-16-20(6,13-5)17-8-12(3,4)10(18)19/h10H,7-8,18-19H2,1-6H3,(H,14,15). The number of hydrogen-bond donors (Lipinski definition) is 1. The lowest BCUT2D eigenvalue weighted by atomic mass is 9.96. The number of rotatable bonds is 8. The highest BCUT2D eigenvalue weighted by atomic mass is 31.2. The van der Waals surface area contributed by atoms with Crippen LogP contribution in [0, 0.1) is 10.8 Å². The van der Waals surface area contributed by atoms with E-state index in [4.69, 9.17) is 14.2 Å². The molecule has 0 fully saturated rings. The molecule has 3 atom stereocenters. The van der Waals surface area contributed by atoms with Crippen LogP contribution in [0.15, 0.2) is 4.74 Å². The summed E-state index contributed by atoms with van der Waals surface area (Å²) in [7, 11) is 4.74. The summed E-state index contributed by atoms with van der Waals surface area (Å²) in [5, 5.41) is 9.41. The van der Waals surface area contributed by atoms with Gasteiger partial charge in [0.25, 0.3) is 0 Å².